The van der Waals surface area contributed by atoms with E-state index in [1.807, 2.05) is 37.3 Å². The quantitative estimate of drug-likeness (QED) is 0.312. The van der Waals surface area contributed by atoms with Crippen LogP contribution >= 0.6 is 12.2 Å². The normalized spacial score (nSPS) is 11.1. The summed E-state index contributed by atoms with van der Waals surface area (Å²) in [6, 6.07) is 23.4. The van der Waals surface area contributed by atoms with Crippen molar-refractivity contribution in [3.05, 3.63) is 99.6 Å². The Labute approximate surface area is 189 Å². The second kappa shape index (κ2) is 8.99. The minimum atomic E-state index is -0.583. The number of aromatic hydroxyl groups is 1. The largest absolute Gasteiger partial charge is 0.494 e. The number of methoxy groups -OCH3 is 1. The fourth-order valence-corrected chi connectivity index (χ4v) is 3.60. The van der Waals surface area contributed by atoms with E-state index in [4.69, 9.17) is 17.0 Å². The summed E-state index contributed by atoms with van der Waals surface area (Å²) in [6.45, 7) is 1.96. The maximum Gasteiger partial charge on any atom is 0.290 e. The van der Waals surface area contributed by atoms with Crippen LogP contribution in [0.4, 0.5) is 11.4 Å². The molecule has 0 radical (unpaired) electrons. The molecular formula is C24H20N4O3S. The van der Waals surface area contributed by atoms with Gasteiger partial charge in [-0.05, 0) is 55.5 Å². The predicted octanol–water partition coefficient (Wildman–Crippen LogP) is 5.80. The highest BCUT2D eigenvalue weighted by molar-refractivity contribution is 7.71. The number of hydrogen-bond donors (Lipinski definition) is 1. The van der Waals surface area contributed by atoms with Crippen LogP contribution in [0.1, 0.15) is 5.56 Å². The van der Waals surface area contributed by atoms with Crippen molar-refractivity contribution in [1.82, 2.24) is 9.13 Å². The lowest BCUT2D eigenvalue weighted by Crippen LogP contribution is -2.23. The molecule has 0 saturated carbocycles. The molecule has 0 amide bonds. The number of aryl methyl sites for hydroxylation is 1. The van der Waals surface area contributed by atoms with Gasteiger partial charge in [-0.3, -0.25) is 13.9 Å². The summed E-state index contributed by atoms with van der Waals surface area (Å²) in [6.07, 6.45) is 0. The summed E-state index contributed by atoms with van der Waals surface area (Å²) in [5, 5.41) is 19.3. The predicted molar refractivity (Wildman–Crippen MR) is 126 cm³/mol. The second-order valence-corrected chi connectivity index (χ2v) is 7.34. The van der Waals surface area contributed by atoms with Gasteiger partial charge in [0.15, 0.2) is 4.77 Å². The molecule has 0 aliphatic rings. The molecule has 0 spiro atoms. The van der Waals surface area contributed by atoms with Gasteiger partial charge in [-0.1, -0.05) is 48.0 Å². The Bertz CT molecular complexity index is 1410. The molecule has 7 nitrogen and oxygen atoms in total. The molecule has 1 N–H and O–H groups in total. The summed E-state index contributed by atoms with van der Waals surface area (Å²) in [4.78, 5) is 13.4. The van der Waals surface area contributed by atoms with Crippen LogP contribution < -0.4 is 10.3 Å². The Kier molecular flexibility index (Phi) is 5.96. The third-order valence-corrected chi connectivity index (χ3v) is 5.23. The molecule has 1 heterocycles. The van der Waals surface area contributed by atoms with Crippen LogP contribution in [0.15, 0.2) is 93.9 Å². The van der Waals surface area contributed by atoms with Crippen molar-refractivity contribution in [3.8, 4) is 23.0 Å². The summed E-state index contributed by atoms with van der Waals surface area (Å²) < 4.78 is 8.13. The van der Waals surface area contributed by atoms with Crippen molar-refractivity contribution in [3.63, 3.8) is 0 Å². The molecule has 4 aromatic rings. The van der Waals surface area contributed by atoms with E-state index in [1.165, 1.54) is 16.2 Å². The molecule has 1 aromatic heterocycles. The molecule has 32 heavy (non-hydrogen) atoms. The Balaban J connectivity index is 2.00. The molecule has 4 rings (SSSR count). The fourth-order valence-electron chi connectivity index (χ4n) is 3.22. The van der Waals surface area contributed by atoms with Gasteiger partial charge >= 0.3 is 0 Å². The number of azo groups is 1. The minimum absolute atomic E-state index is 0.110. The molecule has 0 aliphatic heterocycles. The summed E-state index contributed by atoms with van der Waals surface area (Å²) in [5.74, 6) is 0.0973. The summed E-state index contributed by atoms with van der Waals surface area (Å²) in [7, 11) is 1.52. The van der Waals surface area contributed by atoms with Gasteiger partial charge < -0.3 is 9.84 Å². The SMILES string of the molecule is COc1ccccc1N=Nc1c(O)n(-c2ccc(C)cc2)c(=S)n(-c2ccccc2)c1=O. The average molecular weight is 445 g/mol. The molecule has 0 bridgehead atoms. The van der Waals surface area contributed by atoms with Crippen LogP contribution in [-0.2, 0) is 0 Å². The Morgan fingerprint density at radius 3 is 2.16 bits per heavy atom. The number of nitrogens with zero attached hydrogens (tertiary/aromatic N) is 4. The maximum absolute atomic E-state index is 13.4. The van der Waals surface area contributed by atoms with Gasteiger partial charge in [-0.15, -0.1) is 10.2 Å². The molecule has 0 aliphatic carbocycles. The fraction of sp³-hybridized carbons (Fsp3) is 0.0833. The van der Waals surface area contributed by atoms with Gasteiger partial charge in [0, 0.05) is 0 Å². The summed E-state index contributed by atoms with van der Waals surface area (Å²) in [5.41, 5.74) is 1.79. The van der Waals surface area contributed by atoms with E-state index in [1.54, 1.807) is 48.5 Å². The Morgan fingerprint density at radius 2 is 1.47 bits per heavy atom. The van der Waals surface area contributed by atoms with E-state index in [-0.39, 0.29) is 10.5 Å². The van der Waals surface area contributed by atoms with Crippen molar-refractivity contribution in [2.45, 2.75) is 6.92 Å². The van der Waals surface area contributed by atoms with Crippen molar-refractivity contribution in [1.29, 1.82) is 0 Å². The van der Waals surface area contributed by atoms with Crippen molar-refractivity contribution >= 4 is 23.6 Å². The van der Waals surface area contributed by atoms with E-state index in [2.05, 4.69) is 10.2 Å². The highest BCUT2D eigenvalue weighted by Crippen LogP contribution is 2.32. The first kappa shape index (κ1) is 21.2. The van der Waals surface area contributed by atoms with Gasteiger partial charge in [-0.25, -0.2) is 0 Å². The number of hydrogen-bond acceptors (Lipinski definition) is 6. The number of rotatable bonds is 5. The second-order valence-electron chi connectivity index (χ2n) is 6.97. The van der Waals surface area contributed by atoms with Gasteiger partial charge in [0.1, 0.15) is 11.4 Å². The van der Waals surface area contributed by atoms with Gasteiger partial charge in [0.05, 0.1) is 18.5 Å². The van der Waals surface area contributed by atoms with Gasteiger partial charge in [0.2, 0.25) is 11.6 Å². The molecule has 0 saturated heterocycles. The van der Waals surface area contributed by atoms with E-state index >= 15 is 0 Å². The zero-order chi connectivity index (χ0) is 22.7. The topological polar surface area (TPSA) is 81.1 Å². The smallest absolute Gasteiger partial charge is 0.290 e. The highest BCUT2D eigenvalue weighted by atomic mass is 32.1. The van der Waals surface area contributed by atoms with Crippen molar-refractivity contribution in [2.75, 3.05) is 7.11 Å². The van der Waals surface area contributed by atoms with Crippen molar-refractivity contribution < 1.29 is 9.84 Å². The lowest BCUT2D eigenvalue weighted by Gasteiger charge is -2.16. The average Bonchev–Trinajstić information content (AvgIpc) is 2.81. The van der Waals surface area contributed by atoms with Crippen LogP contribution in [0.2, 0.25) is 0 Å². The Morgan fingerprint density at radius 1 is 0.844 bits per heavy atom. The first-order valence-corrected chi connectivity index (χ1v) is 10.2. The van der Waals surface area contributed by atoms with E-state index in [0.717, 1.165) is 5.56 Å². The van der Waals surface area contributed by atoms with Gasteiger partial charge in [0.25, 0.3) is 5.56 Å². The highest BCUT2D eigenvalue weighted by Gasteiger charge is 2.19. The maximum atomic E-state index is 13.4. The van der Waals surface area contributed by atoms with Crippen LogP contribution in [0.3, 0.4) is 0 Å². The lowest BCUT2D eigenvalue weighted by molar-refractivity contribution is 0.415. The third-order valence-electron chi connectivity index (χ3n) is 4.86. The number of para-hydroxylation sites is 2. The van der Waals surface area contributed by atoms with Crippen LogP contribution in [0, 0.1) is 11.7 Å². The molecule has 0 fully saturated rings. The third kappa shape index (κ3) is 3.95. The van der Waals surface area contributed by atoms with E-state index < -0.39 is 11.4 Å². The molecular weight excluding hydrogens is 424 g/mol. The molecule has 0 unspecified atom stereocenters. The zero-order valence-corrected chi connectivity index (χ0v) is 18.3. The molecule has 160 valence electrons. The Hall–Kier alpha value is -4.04. The molecule has 0 atom stereocenters. The van der Waals surface area contributed by atoms with Crippen LogP contribution in [0.5, 0.6) is 11.6 Å². The minimum Gasteiger partial charge on any atom is -0.494 e. The van der Waals surface area contributed by atoms with E-state index in [0.29, 0.717) is 22.8 Å². The van der Waals surface area contributed by atoms with Gasteiger partial charge in [-0.2, -0.15) is 0 Å². The van der Waals surface area contributed by atoms with Crippen LogP contribution in [-0.4, -0.2) is 21.4 Å². The molecule has 3 aromatic carbocycles. The summed E-state index contributed by atoms with van der Waals surface area (Å²) >= 11 is 5.61. The standard InChI is InChI=1S/C24H20N4O3S/c1-16-12-14-18(15-13-16)28-23(30)21(26-25-19-10-6-7-11-20(19)31-2)22(29)27(24(28)32)17-8-4-3-5-9-17/h3-15,30H,1-2H3. The lowest BCUT2D eigenvalue weighted by atomic mass is 10.2. The van der Waals surface area contributed by atoms with E-state index in [9.17, 15) is 9.90 Å². The van der Waals surface area contributed by atoms with Crippen LogP contribution in [0.25, 0.3) is 11.4 Å². The number of aromatic nitrogens is 2. The number of benzene rings is 3. The zero-order valence-electron chi connectivity index (χ0n) is 17.5. The first-order valence-electron chi connectivity index (χ1n) is 9.79. The monoisotopic (exact) mass is 444 g/mol. The first-order chi connectivity index (χ1) is 15.5. The number of ether oxygens (including phenoxy) is 1. The van der Waals surface area contributed by atoms with Crippen molar-refractivity contribution in [2.24, 2.45) is 10.2 Å². The molecule has 8 heteroatoms.